The van der Waals surface area contributed by atoms with Gasteiger partial charge in [-0.15, -0.1) is 6.42 Å². The molecule has 1 aliphatic heterocycles. The summed E-state index contributed by atoms with van der Waals surface area (Å²) in [4.78, 5) is 2.44. The largest absolute Gasteiger partial charge is 0.292 e. The summed E-state index contributed by atoms with van der Waals surface area (Å²) in [5.74, 6) is 4.44. The first-order valence-corrected chi connectivity index (χ1v) is 6.50. The van der Waals surface area contributed by atoms with E-state index >= 15 is 0 Å². The highest BCUT2D eigenvalue weighted by Gasteiger charge is 2.35. The molecule has 0 radical (unpaired) electrons. The van der Waals surface area contributed by atoms with Gasteiger partial charge in [0.15, 0.2) is 0 Å². The van der Waals surface area contributed by atoms with Crippen molar-refractivity contribution >= 4 is 0 Å². The molecular formula is C16H19N. The van der Waals surface area contributed by atoms with Crippen LogP contribution in [0.25, 0.3) is 0 Å². The molecule has 0 aromatic heterocycles. The number of hydrogen-bond donors (Lipinski definition) is 0. The molecule has 0 saturated carbocycles. The van der Waals surface area contributed by atoms with Crippen molar-refractivity contribution in [2.24, 2.45) is 11.8 Å². The number of terminal acetylenes is 1. The van der Waals surface area contributed by atoms with Crippen molar-refractivity contribution in [1.82, 2.24) is 4.90 Å². The standard InChI is InChI=1S/C16H19N/c1-3-6-17-10-15-8-13-5-4-12(2)7-14(13)9-16(15)11-17/h1,4-5,7,15-16H,6,8-11H2,2H3/t15-,16-/m0/s1. The molecule has 0 amide bonds. The van der Waals surface area contributed by atoms with E-state index in [2.05, 4.69) is 35.9 Å². The van der Waals surface area contributed by atoms with Crippen molar-refractivity contribution in [2.75, 3.05) is 19.6 Å². The van der Waals surface area contributed by atoms with Crippen LogP contribution in [0.1, 0.15) is 16.7 Å². The van der Waals surface area contributed by atoms with E-state index in [1.165, 1.54) is 31.5 Å². The van der Waals surface area contributed by atoms with Crippen LogP contribution in [-0.4, -0.2) is 24.5 Å². The van der Waals surface area contributed by atoms with E-state index in [1.54, 1.807) is 11.1 Å². The van der Waals surface area contributed by atoms with Crippen LogP contribution in [-0.2, 0) is 12.8 Å². The number of likely N-dealkylation sites (tertiary alicyclic amines) is 1. The van der Waals surface area contributed by atoms with Crippen molar-refractivity contribution in [1.29, 1.82) is 0 Å². The molecule has 1 aromatic carbocycles. The molecule has 17 heavy (non-hydrogen) atoms. The Bertz CT molecular complexity index is 469. The van der Waals surface area contributed by atoms with Gasteiger partial charge in [-0.3, -0.25) is 4.90 Å². The van der Waals surface area contributed by atoms with Gasteiger partial charge in [0.2, 0.25) is 0 Å². The maximum absolute atomic E-state index is 5.41. The summed E-state index contributed by atoms with van der Waals surface area (Å²) in [5, 5.41) is 0. The van der Waals surface area contributed by atoms with Crippen LogP contribution in [0.4, 0.5) is 0 Å². The van der Waals surface area contributed by atoms with E-state index in [1.807, 2.05) is 0 Å². The van der Waals surface area contributed by atoms with E-state index < -0.39 is 0 Å². The predicted molar refractivity (Wildman–Crippen MR) is 70.8 cm³/mol. The lowest BCUT2D eigenvalue weighted by atomic mass is 9.77. The molecular weight excluding hydrogens is 206 g/mol. The van der Waals surface area contributed by atoms with E-state index in [9.17, 15) is 0 Å². The molecule has 1 fully saturated rings. The Morgan fingerprint density at radius 3 is 2.65 bits per heavy atom. The average molecular weight is 225 g/mol. The highest BCUT2D eigenvalue weighted by atomic mass is 15.1. The molecule has 2 aliphatic rings. The van der Waals surface area contributed by atoms with Gasteiger partial charge < -0.3 is 0 Å². The Morgan fingerprint density at radius 2 is 1.94 bits per heavy atom. The number of hydrogen-bond acceptors (Lipinski definition) is 1. The maximum Gasteiger partial charge on any atom is 0.0599 e. The monoisotopic (exact) mass is 225 g/mol. The zero-order chi connectivity index (χ0) is 11.8. The number of rotatable bonds is 1. The van der Waals surface area contributed by atoms with Crippen molar-refractivity contribution in [3.8, 4) is 12.3 Å². The van der Waals surface area contributed by atoms with Gasteiger partial charge >= 0.3 is 0 Å². The fourth-order valence-corrected chi connectivity index (χ4v) is 3.47. The quantitative estimate of drug-likeness (QED) is 0.663. The third kappa shape index (κ3) is 1.98. The van der Waals surface area contributed by atoms with Crippen LogP contribution in [0, 0.1) is 31.1 Å². The van der Waals surface area contributed by atoms with Gasteiger partial charge in [-0.25, -0.2) is 0 Å². The second kappa shape index (κ2) is 4.20. The summed E-state index contributed by atoms with van der Waals surface area (Å²) in [5.41, 5.74) is 4.54. The lowest BCUT2D eigenvalue weighted by Gasteiger charge is -2.27. The summed E-state index contributed by atoms with van der Waals surface area (Å²) >= 11 is 0. The van der Waals surface area contributed by atoms with Crippen LogP contribution >= 0.6 is 0 Å². The second-order valence-corrected chi connectivity index (χ2v) is 5.60. The molecule has 1 heterocycles. The molecule has 1 nitrogen and oxygen atoms in total. The summed E-state index contributed by atoms with van der Waals surface area (Å²) in [6.45, 7) is 5.40. The molecule has 3 rings (SSSR count). The van der Waals surface area contributed by atoms with Gasteiger partial charge in [-0.05, 0) is 42.7 Å². The smallest absolute Gasteiger partial charge is 0.0599 e. The number of fused-ring (bicyclic) bond motifs is 2. The lowest BCUT2D eigenvalue weighted by molar-refractivity contribution is 0.362. The minimum absolute atomic E-state index is 0.822. The summed E-state index contributed by atoms with van der Waals surface area (Å²) < 4.78 is 0. The Kier molecular flexibility index (Phi) is 2.68. The fraction of sp³-hybridized carbons (Fsp3) is 0.500. The van der Waals surface area contributed by atoms with Crippen LogP contribution in [0.2, 0.25) is 0 Å². The number of benzene rings is 1. The minimum atomic E-state index is 0.822. The number of aryl methyl sites for hydroxylation is 1. The van der Waals surface area contributed by atoms with Crippen molar-refractivity contribution in [3.05, 3.63) is 34.9 Å². The van der Waals surface area contributed by atoms with E-state index in [-0.39, 0.29) is 0 Å². The van der Waals surface area contributed by atoms with Crippen molar-refractivity contribution in [2.45, 2.75) is 19.8 Å². The molecule has 1 heteroatoms. The van der Waals surface area contributed by atoms with E-state index in [4.69, 9.17) is 6.42 Å². The Morgan fingerprint density at radius 1 is 1.24 bits per heavy atom. The van der Waals surface area contributed by atoms with Crippen LogP contribution in [0.15, 0.2) is 18.2 Å². The van der Waals surface area contributed by atoms with Gasteiger partial charge in [0.1, 0.15) is 0 Å². The predicted octanol–water partition coefficient (Wildman–Crippen LogP) is 2.27. The third-order valence-electron chi connectivity index (χ3n) is 4.29. The van der Waals surface area contributed by atoms with Crippen LogP contribution < -0.4 is 0 Å². The Hall–Kier alpha value is -1.26. The molecule has 2 atom stereocenters. The molecule has 1 aliphatic carbocycles. The SMILES string of the molecule is C#CCN1C[C@@H]2Cc3ccc(C)cc3C[C@H]2C1. The lowest BCUT2D eigenvalue weighted by Crippen LogP contribution is -2.23. The first-order chi connectivity index (χ1) is 8.26. The van der Waals surface area contributed by atoms with Crippen LogP contribution in [0.3, 0.4) is 0 Å². The molecule has 1 aromatic rings. The van der Waals surface area contributed by atoms with Gasteiger partial charge in [0.05, 0.1) is 6.54 Å². The van der Waals surface area contributed by atoms with Gasteiger partial charge in [0, 0.05) is 13.1 Å². The first-order valence-electron chi connectivity index (χ1n) is 6.50. The third-order valence-corrected chi connectivity index (χ3v) is 4.29. The first kappa shape index (κ1) is 10.9. The van der Waals surface area contributed by atoms with E-state index in [0.29, 0.717) is 0 Å². The molecule has 0 unspecified atom stereocenters. The highest BCUT2D eigenvalue weighted by molar-refractivity contribution is 5.34. The number of nitrogens with zero attached hydrogens (tertiary/aromatic N) is 1. The van der Waals surface area contributed by atoms with Gasteiger partial charge in [-0.2, -0.15) is 0 Å². The fourth-order valence-electron chi connectivity index (χ4n) is 3.47. The zero-order valence-electron chi connectivity index (χ0n) is 10.4. The highest BCUT2D eigenvalue weighted by Crippen LogP contribution is 2.35. The second-order valence-electron chi connectivity index (χ2n) is 5.60. The molecule has 1 saturated heterocycles. The van der Waals surface area contributed by atoms with Gasteiger partial charge in [0.25, 0.3) is 0 Å². The topological polar surface area (TPSA) is 3.24 Å². The van der Waals surface area contributed by atoms with Crippen LogP contribution in [0.5, 0.6) is 0 Å². The molecule has 88 valence electrons. The summed E-state index contributed by atoms with van der Waals surface area (Å²) in [7, 11) is 0. The molecule has 0 bridgehead atoms. The van der Waals surface area contributed by atoms with Crippen molar-refractivity contribution < 1.29 is 0 Å². The summed E-state index contributed by atoms with van der Waals surface area (Å²) in [6.07, 6.45) is 7.91. The Labute approximate surface area is 104 Å². The van der Waals surface area contributed by atoms with Gasteiger partial charge in [-0.1, -0.05) is 29.7 Å². The Balaban J connectivity index is 1.81. The maximum atomic E-state index is 5.41. The minimum Gasteiger partial charge on any atom is -0.292 e. The molecule has 0 N–H and O–H groups in total. The van der Waals surface area contributed by atoms with Crippen molar-refractivity contribution in [3.63, 3.8) is 0 Å². The summed E-state index contributed by atoms with van der Waals surface area (Å²) in [6, 6.07) is 6.94. The average Bonchev–Trinajstić information content (AvgIpc) is 2.67. The zero-order valence-corrected chi connectivity index (χ0v) is 10.4. The molecule has 0 spiro atoms. The normalized spacial score (nSPS) is 27.3. The van der Waals surface area contributed by atoms with E-state index in [0.717, 1.165) is 18.4 Å².